The van der Waals surface area contributed by atoms with E-state index in [1.807, 2.05) is 6.07 Å². The Morgan fingerprint density at radius 1 is 1.19 bits per heavy atom. The number of aromatic nitrogens is 1. The zero-order valence-electron chi connectivity index (χ0n) is 11.3. The molecule has 21 heavy (non-hydrogen) atoms. The van der Waals surface area contributed by atoms with E-state index in [2.05, 4.69) is 11.1 Å². The summed E-state index contributed by atoms with van der Waals surface area (Å²) in [7, 11) is 0. The average Bonchev–Trinajstić information content (AvgIpc) is 2.46. The Hall–Kier alpha value is -1.76. The van der Waals surface area contributed by atoms with Crippen LogP contribution in [0.5, 0.6) is 0 Å². The number of aryl methyl sites for hydroxylation is 1. The SMILES string of the molecule is N#Cc1c(N)nc2c(c1-c1ccc(Cl)cc1Cl)CCCC2. The van der Waals surface area contributed by atoms with Crippen molar-refractivity contribution < 1.29 is 0 Å². The maximum absolute atomic E-state index is 9.47. The summed E-state index contributed by atoms with van der Waals surface area (Å²) in [6.45, 7) is 0. The summed E-state index contributed by atoms with van der Waals surface area (Å²) in [5.41, 5.74) is 10.1. The van der Waals surface area contributed by atoms with Crippen molar-refractivity contribution in [1.29, 1.82) is 5.26 Å². The minimum atomic E-state index is 0.277. The Balaban J connectivity index is 2.34. The fraction of sp³-hybridized carbons (Fsp3) is 0.250. The quantitative estimate of drug-likeness (QED) is 0.848. The third kappa shape index (κ3) is 2.46. The molecule has 2 N–H and O–H groups in total. The molecular formula is C16H13Cl2N3. The number of anilines is 1. The van der Waals surface area contributed by atoms with Gasteiger partial charge in [-0.15, -0.1) is 0 Å². The van der Waals surface area contributed by atoms with Crippen LogP contribution in [-0.4, -0.2) is 4.98 Å². The minimum absolute atomic E-state index is 0.277. The largest absolute Gasteiger partial charge is 0.383 e. The normalized spacial score (nSPS) is 13.6. The maximum Gasteiger partial charge on any atom is 0.142 e. The van der Waals surface area contributed by atoms with Crippen LogP contribution in [0.4, 0.5) is 5.82 Å². The highest BCUT2D eigenvalue weighted by Crippen LogP contribution is 2.39. The zero-order chi connectivity index (χ0) is 15.0. The van der Waals surface area contributed by atoms with Crippen molar-refractivity contribution >= 4 is 29.0 Å². The average molecular weight is 318 g/mol. The standard InChI is InChI=1S/C16H13Cl2N3/c17-9-5-6-10(13(18)7-9)15-11-3-1-2-4-14(11)21-16(20)12(15)8-19/h5-7H,1-4H2,(H2,20,21). The number of rotatable bonds is 1. The molecular weight excluding hydrogens is 305 g/mol. The molecule has 0 spiro atoms. The molecule has 0 amide bonds. The highest BCUT2D eigenvalue weighted by atomic mass is 35.5. The minimum Gasteiger partial charge on any atom is -0.383 e. The second-order valence-electron chi connectivity index (χ2n) is 5.12. The molecule has 0 aliphatic heterocycles. The summed E-state index contributed by atoms with van der Waals surface area (Å²) in [6, 6.07) is 7.48. The Morgan fingerprint density at radius 3 is 2.67 bits per heavy atom. The predicted octanol–water partition coefficient (Wildman–Crippen LogP) is 4.39. The lowest BCUT2D eigenvalue weighted by molar-refractivity contribution is 0.670. The molecule has 0 radical (unpaired) electrons. The van der Waals surface area contributed by atoms with Gasteiger partial charge in [-0.2, -0.15) is 5.26 Å². The van der Waals surface area contributed by atoms with Gasteiger partial charge in [-0.05, 0) is 43.4 Å². The summed E-state index contributed by atoms with van der Waals surface area (Å²) in [5.74, 6) is 0.277. The van der Waals surface area contributed by atoms with E-state index < -0.39 is 0 Å². The van der Waals surface area contributed by atoms with Crippen molar-refractivity contribution in [3.05, 3.63) is 45.1 Å². The molecule has 1 aliphatic carbocycles. The van der Waals surface area contributed by atoms with Crippen LogP contribution >= 0.6 is 23.2 Å². The van der Waals surface area contributed by atoms with Crippen LogP contribution in [0.15, 0.2) is 18.2 Å². The maximum atomic E-state index is 9.47. The highest BCUT2D eigenvalue weighted by Gasteiger charge is 2.23. The van der Waals surface area contributed by atoms with Gasteiger partial charge in [0.05, 0.1) is 0 Å². The van der Waals surface area contributed by atoms with Crippen molar-refractivity contribution in [2.75, 3.05) is 5.73 Å². The van der Waals surface area contributed by atoms with Crippen molar-refractivity contribution in [2.45, 2.75) is 25.7 Å². The van der Waals surface area contributed by atoms with Gasteiger partial charge in [-0.1, -0.05) is 29.3 Å². The Kier molecular flexibility index (Phi) is 3.75. The van der Waals surface area contributed by atoms with Gasteiger partial charge < -0.3 is 5.73 Å². The number of nitrogens with zero attached hydrogens (tertiary/aromatic N) is 2. The smallest absolute Gasteiger partial charge is 0.142 e. The molecule has 1 heterocycles. The van der Waals surface area contributed by atoms with Crippen LogP contribution in [0, 0.1) is 11.3 Å². The van der Waals surface area contributed by atoms with Gasteiger partial charge in [0.2, 0.25) is 0 Å². The summed E-state index contributed by atoms with van der Waals surface area (Å²) in [5, 5.41) is 10.6. The van der Waals surface area contributed by atoms with E-state index >= 15 is 0 Å². The van der Waals surface area contributed by atoms with Crippen molar-refractivity contribution in [1.82, 2.24) is 4.98 Å². The van der Waals surface area contributed by atoms with Gasteiger partial charge in [-0.3, -0.25) is 0 Å². The Morgan fingerprint density at radius 2 is 1.95 bits per heavy atom. The first kappa shape index (κ1) is 14.2. The second-order valence-corrected chi connectivity index (χ2v) is 5.96. The molecule has 3 rings (SSSR count). The second kappa shape index (κ2) is 5.55. The lowest BCUT2D eigenvalue weighted by Gasteiger charge is -2.21. The van der Waals surface area contributed by atoms with E-state index in [0.29, 0.717) is 15.6 Å². The van der Waals surface area contributed by atoms with Crippen LogP contribution in [0.2, 0.25) is 10.0 Å². The van der Waals surface area contributed by atoms with E-state index in [9.17, 15) is 5.26 Å². The number of nitrogens with two attached hydrogens (primary N) is 1. The molecule has 0 saturated heterocycles. The predicted molar refractivity (Wildman–Crippen MR) is 85.5 cm³/mol. The molecule has 1 aromatic heterocycles. The van der Waals surface area contributed by atoms with Crippen molar-refractivity contribution in [3.63, 3.8) is 0 Å². The lowest BCUT2D eigenvalue weighted by Crippen LogP contribution is -2.12. The van der Waals surface area contributed by atoms with Crippen molar-refractivity contribution in [3.8, 4) is 17.2 Å². The first-order valence-corrected chi connectivity index (χ1v) is 7.54. The van der Waals surface area contributed by atoms with Crippen LogP contribution < -0.4 is 5.73 Å². The van der Waals surface area contributed by atoms with Gasteiger partial charge >= 0.3 is 0 Å². The molecule has 3 nitrogen and oxygen atoms in total. The van der Waals surface area contributed by atoms with Gasteiger partial charge in [0.15, 0.2) is 0 Å². The van der Waals surface area contributed by atoms with E-state index in [1.54, 1.807) is 12.1 Å². The first-order valence-electron chi connectivity index (χ1n) is 6.78. The highest BCUT2D eigenvalue weighted by molar-refractivity contribution is 6.36. The van der Waals surface area contributed by atoms with E-state index in [4.69, 9.17) is 28.9 Å². The lowest BCUT2D eigenvalue weighted by atomic mass is 9.86. The molecule has 5 heteroatoms. The van der Waals surface area contributed by atoms with E-state index in [1.165, 1.54) is 0 Å². The van der Waals surface area contributed by atoms with Crippen LogP contribution in [0.1, 0.15) is 29.7 Å². The van der Waals surface area contributed by atoms with Gasteiger partial charge in [0.1, 0.15) is 17.5 Å². The number of hydrogen-bond donors (Lipinski definition) is 1. The first-order chi connectivity index (χ1) is 10.1. The summed E-state index contributed by atoms with van der Waals surface area (Å²) in [6.07, 6.45) is 3.97. The fourth-order valence-electron chi connectivity index (χ4n) is 2.86. The Bertz CT molecular complexity index is 763. The summed E-state index contributed by atoms with van der Waals surface area (Å²) in [4.78, 5) is 4.40. The molecule has 0 atom stereocenters. The number of fused-ring (bicyclic) bond motifs is 1. The molecule has 0 bridgehead atoms. The van der Waals surface area contributed by atoms with Crippen molar-refractivity contribution in [2.24, 2.45) is 0 Å². The number of nitriles is 1. The number of nitrogen functional groups attached to an aromatic ring is 1. The topological polar surface area (TPSA) is 62.7 Å². The molecule has 2 aromatic rings. The third-order valence-corrected chi connectivity index (χ3v) is 4.36. The zero-order valence-corrected chi connectivity index (χ0v) is 12.8. The Labute approximate surface area is 133 Å². The van der Waals surface area contributed by atoms with E-state index in [-0.39, 0.29) is 5.82 Å². The number of benzene rings is 1. The third-order valence-electron chi connectivity index (χ3n) is 3.81. The summed E-state index contributed by atoms with van der Waals surface area (Å²) >= 11 is 12.3. The van der Waals surface area contributed by atoms with Crippen LogP contribution in [0.25, 0.3) is 11.1 Å². The molecule has 106 valence electrons. The number of hydrogen-bond acceptors (Lipinski definition) is 3. The molecule has 1 aromatic carbocycles. The monoisotopic (exact) mass is 317 g/mol. The van der Waals surface area contributed by atoms with Gasteiger partial charge in [-0.25, -0.2) is 4.98 Å². The van der Waals surface area contributed by atoms with Crippen LogP contribution in [0.3, 0.4) is 0 Å². The van der Waals surface area contributed by atoms with Gasteiger partial charge in [0, 0.05) is 26.9 Å². The molecule has 1 aliphatic rings. The summed E-state index contributed by atoms with van der Waals surface area (Å²) < 4.78 is 0. The van der Waals surface area contributed by atoms with Crippen LogP contribution in [-0.2, 0) is 12.8 Å². The van der Waals surface area contributed by atoms with E-state index in [0.717, 1.165) is 48.1 Å². The molecule has 0 fully saturated rings. The number of pyridine rings is 1. The number of halogens is 2. The fourth-order valence-corrected chi connectivity index (χ4v) is 3.37. The molecule has 0 saturated carbocycles. The van der Waals surface area contributed by atoms with Gasteiger partial charge in [0.25, 0.3) is 0 Å². The molecule has 0 unspecified atom stereocenters.